The first kappa shape index (κ1) is 24.4. The Labute approximate surface area is 130 Å². The van der Waals surface area contributed by atoms with Crippen molar-refractivity contribution in [2.24, 2.45) is 0 Å². The summed E-state index contributed by atoms with van der Waals surface area (Å²) in [6, 6.07) is 0. The van der Waals surface area contributed by atoms with Gasteiger partial charge in [0, 0.05) is 21.1 Å². The van der Waals surface area contributed by atoms with E-state index >= 15 is 0 Å². The predicted molar refractivity (Wildman–Crippen MR) is 54.6 cm³/mol. The van der Waals surface area contributed by atoms with Crippen LogP contribution in [0.4, 0.5) is 0 Å². The normalized spacial score (nSPS) is 15.0. The molecule has 4 unspecified atom stereocenters. The van der Waals surface area contributed by atoms with Crippen LogP contribution in [0.5, 0.6) is 0 Å². The minimum absolute atomic E-state index is 0. The van der Waals surface area contributed by atoms with Gasteiger partial charge < -0.3 is 40.9 Å². The van der Waals surface area contributed by atoms with Crippen molar-refractivity contribution in [1.29, 1.82) is 0 Å². The van der Waals surface area contributed by atoms with Crippen molar-refractivity contribution in [2.75, 3.05) is 0 Å². The van der Waals surface area contributed by atoms with Gasteiger partial charge in [0.2, 0.25) is 0 Å². The molecule has 0 spiro atoms. The van der Waals surface area contributed by atoms with Crippen molar-refractivity contribution in [1.82, 2.24) is 0 Å². The average molecular weight is 396 g/mol. The molecule has 13 heteroatoms. The molecule has 0 aromatic carbocycles. The molecule has 0 amide bonds. The molecule has 0 aromatic heterocycles. The van der Waals surface area contributed by atoms with E-state index in [1.807, 2.05) is 0 Å². The number of carbonyl (C=O) groups is 4. The molecular formula is C8H12MoO12. The summed E-state index contributed by atoms with van der Waals surface area (Å²) in [4.78, 5) is 39.1. The van der Waals surface area contributed by atoms with Crippen molar-refractivity contribution >= 4 is 23.9 Å². The van der Waals surface area contributed by atoms with E-state index in [-0.39, 0.29) is 21.1 Å². The second kappa shape index (κ2) is 11.1. The van der Waals surface area contributed by atoms with Crippen molar-refractivity contribution in [2.45, 2.75) is 24.4 Å². The number of carboxylic acid groups (broad SMARTS) is 4. The van der Waals surface area contributed by atoms with Gasteiger partial charge in [-0.25, -0.2) is 19.2 Å². The van der Waals surface area contributed by atoms with E-state index in [4.69, 9.17) is 40.9 Å². The van der Waals surface area contributed by atoms with Crippen LogP contribution in [-0.2, 0) is 40.2 Å². The van der Waals surface area contributed by atoms with Gasteiger partial charge in [0.05, 0.1) is 0 Å². The molecule has 0 radical (unpaired) electrons. The predicted octanol–water partition coefficient (Wildman–Crippen LogP) is -4.25. The summed E-state index contributed by atoms with van der Waals surface area (Å²) in [7, 11) is 0. The first-order valence-corrected chi connectivity index (χ1v) is 4.57. The Hall–Kier alpha value is -1.59. The first-order valence-electron chi connectivity index (χ1n) is 4.57. The summed E-state index contributed by atoms with van der Waals surface area (Å²) in [5, 5.41) is 65.1. The van der Waals surface area contributed by atoms with Gasteiger partial charge in [-0.05, 0) is 0 Å². The van der Waals surface area contributed by atoms with E-state index in [2.05, 4.69) is 0 Å². The monoisotopic (exact) mass is 398 g/mol. The zero-order valence-electron chi connectivity index (χ0n) is 9.93. The molecule has 0 aliphatic rings. The summed E-state index contributed by atoms with van der Waals surface area (Å²) >= 11 is 0. The maximum absolute atomic E-state index is 9.77. The van der Waals surface area contributed by atoms with Crippen LogP contribution in [0.25, 0.3) is 0 Å². The summed E-state index contributed by atoms with van der Waals surface area (Å²) < 4.78 is 0. The average Bonchev–Trinajstić information content (AvgIpc) is 2.35. The molecule has 0 heterocycles. The van der Waals surface area contributed by atoms with E-state index in [9.17, 15) is 19.2 Å². The molecule has 0 aliphatic carbocycles. The molecule has 0 aromatic rings. The minimum Gasteiger partial charge on any atom is -0.479 e. The molecule has 4 atom stereocenters. The summed E-state index contributed by atoms with van der Waals surface area (Å²) in [6.45, 7) is 0. The van der Waals surface area contributed by atoms with Crippen molar-refractivity contribution in [3.05, 3.63) is 0 Å². The molecular weight excluding hydrogens is 384 g/mol. The first-order chi connectivity index (χ1) is 8.93. The molecule has 0 saturated heterocycles. The zero-order chi connectivity index (χ0) is 16.6. The number of rotatable bonds is 6. The topological polar surface area (TPSA) is 230 Å². The Morgan fingerprint density at radius 1 is 0.476 bits per heavy atom. The number of hydrogen-bond donors (Lipinski definition) is 8. The fraction of sp³-hybridized carbons (Fsp3) is 0.500. The quantitative estimate of drug-likeness (QED) is 0.200. The Kier molecular flexibility index (Phi) is 12.9. The second-order valence-electron chi connectivity index (χ2n) is 3.13. The summed E-state index contributed by atoms with van der Waals surface area (Å²) in [5.74, 6) is -7.07. The van der Waals surface area contributed by atoms with Crippen LogP contribution in [0.3, 0.4) is 0 Å². The van der Waals surface area contributed by atoms with E-state index in [0.29, 0.717) is 0 Å². The van der Waals surface area contributed by atoms with Gasteiger partial charge in [0.25, 0.3) is 0 Å². The molecule has 0 aliphatic heterocycles. The van der Waals surface area contributed by atoms with E-state index in [1.165, 1.54) is 0 Å². The molecule has 122 valence electrons. The van der Waals surface area contributed by atoms with Gasteiger partial charge in [-0.1, -0.05) is 0 Å². The number of aliphatic hydroxyl groups excluding tert-OH is 4. The molecule has 0 saturated carbocycles. The fourth-order valence-corrected chi connectivity index (χ4v) is 0.540. The van der Waals surface area contributed by atoms with Gasteiger partial charge in [-0.3, -0.25) is 0 Å². The Morgan fingerprint density at radius 3 is 0.619 bits per heavy atom. The van der Waals surface area contributed by atoms with Crippen LogP contribution in [0.15, 0.2) is 0 Å². The number of aliphatic hydroxyl groups is 4. The van der Waals surface area contributed by atoms with E-state index in [1.54, 1.807) is 0 Å². The van der Waals surface area contributed by atoms with Crippen LogP contribution < -0.4 is 0 Å². The van der Waals surface area contributed by atoms with Gasteiger partial charge in [-0.15, -0.1) is 0 Å². The van der Waals surface area contributed by atoms with Crippen LogP contribution in [0.2, 0.25) is 0 Å². The van der Waals surface area contributed by atoms with Crippen LogP contribution in [0, 0.1) is 0 Å². The Morgan fingerprint density at radius 2 is 0.571 bits per heavy atom. The molecule has 12 nitrogen and oxygen atoms in total. The minimum atomic E-state index is -2.27. The third kappa shape index (κ3) is 9.87. The van der Waals surface area contributed by atoms with Crippen molar-refractivity contribution in [3.8, 4) is 0 Å². The third-order valence-corrected chi connectivity index (χ3v) is 1.61. The Bertz CT molecular complexity index is 309. The SMILES string of the molecule is O=C(O)C(O)C(O)C(=O)O.O=C(O)C(O)C(O)C(=O)O.[Mo]. The van der Waals surface area contributed by atoms with Crippen LogP contribution in [0.1, 0.15) is 0 Å². The molecule has 0 fully saturated rings. The van der Waals surface area contributed by atoms with Crippen LogP contribution >= 0.6 is 0 Å². The summed E-state index contributed by atoms with van der Waals surface area (Å²) in [5.41, 5.74) is 0. The zero-order valence-corrected chi connectivity index (χ0v) is 11.9. The van der Waals surface area contributed by atoms with Gasteiger partial charge in [0.15, 0.2) is 24.4 Å². The molecule has 8 N–H and O–H groups in total. The maximum atomic E-state index is 9.77. The third-order valence-electron chi connectivity index (χ3n) is 1.61. The maximum Gasteiger partial charge on any atom is 0.335 e. The molecule has 0 rings (SSSR count). The van der Waals surface area contributed by atoms with Gasteiger partial charge in [-0.2, -0.15) is 0 Å². The van der Waals surface area contributed by atoms with Crippen molar-refractivity contribution < 1.29 is 81.1 Å². The standard InChI is InChI=1S/2C4H6O6.Mo/c2*5-1(3(7)8)2(6)4(9)10;/h2*1-2,5-6H,(H,7,8)(H,9,10);. The van der Waals surface area contributed by atoms with Gasteiger partial charge >= 0.3 is 23.9 Å². The number of hydrogen-bond acceptors (Lipinski definition) is 8. The fourth-order valence-electron chi connectivity index (χ4n) is 0.540. The smallest absolute Gasteiger partial charge is 0.335 e. The number of aliphatic carboxylic acids is 4. The van der Waals surface area contributed by atoms with Crippen LogP contribution in [-0.4, -0.2) is 89.1 Å². The molecule has 21 heavy (non-hydrogen) atoms. The van der Waals surface area contributed by atoms with Crippen molar-refractivity contribution in [3.63, 3.8) is 0 Å². The Balaban J connectivity index is -0.000000295. The molecule has 0 bridgehead atoms. The van der Waals surface area contributed by atoms with E-state index < -0.39 is 48.3 Å². The summed E-state index contributed by atoms with van der Waals surface area (Å²) in [6.07, 6.45) is -9.06. The second-order valence-corrected chi connectivity index (χ2v) is 3.13. The van der Waals surface area contributed by atoms with Gasteiger partial charge in [0.1, 0.15) is 0 Å². The largest absolute Gasteiger partial charge is 0.479 e. The van der Waals surface area contributed by atoms with E-state index in [0.717, 1.165) is 0 Å². The number of carboxylic acids is 4.